The second-order valence-electron chi connectivity index (χ2n) is 5.13. The number of hydrogen-bond acceptors (Lipinski definition) is 5. The Bertz CT molecular complexity index is 580. The van der Waals surface area contributed by atoms with Gasteiger partial charge < -0.3 is 19.3 Å². The second kappa shape index (κ2) is 6.48. The van der Waals surface area contributed by atoms with Crippen LogP contribution >= 0.6 is 11.8 Å². The zero-order valence-electron chi connectivity index (χ0n) is 12.4. The molecule has 0 spiro atoms. The zero-order valence-corrected chi connectivity index (χ0v) is 13.2. The highest BCUT2D eigenvalue weighted by molar-refractivity contribution is 8.00. The Labute approximate surface area is 133 Å². The first kappa shape index (κ1) is 15.0. The van der Waals surface area contributed by atoms with Crippen molar-refractivity contribution in [1.82, 2.24) is 9.80 Å². The monoisotopic (exact) mass is 322 g/mol. The Balaban J connectivity index is 1.70. The molecule has 1 unspecified atom stereocenters. The summed E-state index contributed by atoms with van der Waals surface area (Å²) >= 11 is 1.60. The number of methoxy groups -OCH3 is 1. The van der Waals surface area contributed by atoms with Crippen molar-refractivity contribution in [3.05, 3.63) is 29.8 Å². The van der Waals surface area contributed by atoms with Crippen molar-refractivity contribution in [3.8, 4) is 5.75 Å². The molecule has 22 heavy (non-hydrogen) atoms. The van der Waals surface area contributed by atoms with Crippen molar-refractivity contribution in [2.24, 2.45) is 0 Å². The van der Waals surface area contributed by atoms with Gasteiger partial charge in [-0.25, -0.2) is 4.79 Å². The van der Waals surface area contributed by atoms with Gasteiger partial charge >= 0.3 is 6.09 Å². The Kier molecular flexibility index (Phi) is 4.42. The lowest BCUT2D eigenvalue weighted by Gasteiger charge is -2.26. The van der Waals surface area contributed by atoms with Crippen LogP contribution in [-0.4, -0.2) is 60.9 Å². The van der Waals surface area contributed by atoms with Gasteiger partial charge in [0.1, 0.15) is 17.7 Å². The van der Waals surface area contributed by atoms with E-state index in [0.717, 1.165) is 11.3 Å². The van der Waals surface area contributed by atoms with Gasteiger partial charge in [0.15, 0.2) is 0 Å². The number of thioether (sulfide) groups is 1. The van der Waals surface area contributed by atoms with E-state index in [1.807, 2.05) is 29.2 Å². The van der Waals surface area contributed by atoms with Crippen LogP contribution in [0.1, 0.15) is 10.9 Å². The molecule has 0 aliphatic carbocycles. The molecule has 2 amide bonds. The van der Waals surface area contributed by atoms with E-state index in [-0.39, 0.29) is 17.4 Å². The van der Waals surface area contributed by atoms with Gasteiger partial charge in [0.05, 0.1) is 19.4 Å². The summed E-state index contributed by atoms with van der Waals surface area (Å²) in [6.07, 6.45) is -0.294. The van der Waals surface area contributed by atoms with E-state index in [4.69, 9.17) is 9.47 Å². The minimum absolute atomic E-state index is 0.0266. The summed E-state index contributed by atoms with van der Waals surface area (Å²) in [5.41, 5.74) is 1.04. The van der Waals surface area contributed by atoms with E-state index in [0.29, 0.717) is 32.0 Å². The molecule has 0 bridgehead atoms. The lowest BCUT2D eigenvalue weighted by Crippen LogP contribution is -2.37. The van der Waals surface area contributed by atoms with E-state index in [1.165, 1.54) is 0 Å². The third kappa shape index (κ3) is 2.99. The first-order valence-corrected chi connectivity index (χ1v) is 8.20. The van der Waals surface area contributed by atoms with Crippen LogP contribution in [0.15, 0.2) is 24.3 Å². The molecular weight excluding hydrogens is 304 g/mol. The average Bonchev–Trinajstić information content (AvgIpc) is 3.11. The van der Waals surface area contributed by atoms with Gasteiger partial charge in [-0.3, -0.25) is 4.79 Å². The minimum atomic E-state index is -0.294. The van der Waals surface area contributed by atoms with Gasteiger partial charge in [0, 0.05) is 13.1 Å². The molecule has 0 N–H and O–H groups in total. The molecule has 7 heteroatoms. The normalized spacial score (nSPS) is 21.4. The molecule has 6 nitrogen and oxygen atoms in total. The molecule has 1 aromatic rings. The zero-order chi connectivity index (χ0) is 15.5. The highest BCUT2D eigenvalue weighted by Gasteiger charge is 2.34. The fraction of sp³-hybridized carbons (Fsp3) is 0.467. The van der Waals surface area contributed by atoms with Gasteiger partial charge in [-0.15, -0.1) is 11.8 Å². The van der Waals surface area contributed by atoms with Crippen LogP contribution in [0.25, 0.3) is 0 Å². The summed E-state index contributed by atoms with van der Waals surface area (Å²) in [6.45, 7) is 2.05. The lowest BCUT2D eigenvalue weighted by atomic mass is 10.2. The summed E-state index contributed by atoms with van der Waals surface area (Å²) in [5.74, 6) is 1.35. The smallest absolute Gasteiger partial charge is 0.409 e. The van der Waals surface area contributed by atoms with Crippen LogP contribution in [0.5, 0.6) is 5.75 Å². The van der Waals surface area contributed by atoms with Gasteiger partial charge in [0.2, 0.25) is 5.91 Å². The van der Waals surface area contributed by atoms with Crippen LogP contribution in [0, 0.1) is 0 Å². The van der Waals surface area contributed by atoms with Crippen molar-refractivity contribution in [2.75, 3.05) is 39.1 Å². The molecule has 0 saturated carbocycles. The second-order valence-corrected chi connectivity index (χ2v) is 6.20. The van der Waals surface area contributed by atoms with Gasteiger partial charge in [0.25, 0.3) is 0 Å². The first-order chi connectivity index (χ1) is 10.7. The fourth-order valence-electron chi connectivity index (χ4n) is 2.62. The predicted molar refractivity (Wildman–Crippen MR) is 82.8 cm³/mol. The largest absolute Gasteiger partial charge is 0.497 e. The number of carbonyl (C=O) groups excluding carboxylic acids is 2. The van der Waals surface area contributed by atoms with Crippen molar-refractivity contribution in [3.63, 3.8) is 0 Å². The summed E-state index contributed by atoms with van der Waals surface area (Å²) < 4.78 is 10.2. The first-order valence-electron chi connectivity index (χ1n) is 7.16. The predicted octanol–water partition coefficient (Wildman–Crippen LogP) is 1.72. The number of nitrogens with zero attached hydrogens (tertiary/aromatic N) is 2. The number of carbonyl (C=O) groups is 2. The highest BCUT2D eigenvalue weighted by atomic mass is 32.2. The van der Waals surface area contributed by atoms with E-state index in [1.54, 1.807) is 23.8 Å². The summed E-state index contributed by atoms with van der Waals surface area (Å²) in [4.78, 5) is 27.1. The standard InChI is InChI=1S/C15H18N2O4S/c1-20-12-4-2-3-11(9-12)14-17(13(18)10-22-14)6-5-16-7-8-21-15(16)19/h2-4,9,14H,5-8,10H2,1H3. The van der Waals surface area contributed by atoms with Crippen molar-refractivity contribution in [1.29, 1.82) is 0 Å². The van der Waals surface area contributed by atoms with Crippen molar-refractivity contribution >= 4 is 23.8 Å². The molecular formula is C15H18N2O4S. The average molecular weight is 322 g/mol. The fourth-order valence-corrected chi connectivity index (χ4v) is 3.83. The molecule has 3 rings (SSSR count). The quantitative estimate of drug-likeness (QED) is 0.826. The van der Waals surface area contributed by atoms with Crippen LogP contribution in [-0.2, 0) is 9.53 Å². The maximum absolute atomic E-state index is 12.1. The number of rotatable bonds is 5. The molecule has 2 fully saturated rings. The SMILES string of the molecule is COc1cccc(C2SCC(=O)N2CCN2CCOC2=O)c1. The number of benzene rings is 1. The molecule has 2 aliphatic rings. The highest BCUT2D eigenvalue weighted by Crippen LogP contribution is 2.39. The van der Waals surface area contributed by atoms with E-state index in [9.17, 15) is 9.59 Å². The lowest BCUT2D eigenvalue weighted by molar-refractivity contribution is -0.128. The molecule has 0 aromatic heterocycles. The Hall–Kier alpha value is -1.89. The maximum atomic E-state index is 12.1. The third-order valence-electron chi connectivity index (χ3n) is 3.80. The molecule has 1 aromatic carbocycles. The topological polar surface area (TPSA) is 59.1 Å². The summed E-state index contributed by atoms with van der Waals surface area (Å²) in [5, 5.41) is -0.0266. The minimum Gasteiger partial charge on any atom is -0.497 e. The van der Waals surface area contributed by atoms with E-state index in [2.05, 4.69) is 0 Å². The van der Waals surface area contributed by atoms with Crippen molar-refractivity contribution in [2.45, 2.75) is 5.37 Å². The number of hydrogen-bond donors (Lipinski definition) is 0. The Morgan fingerprint density at radius 3 is 2.95 bits per heavy atom. The molecule has 118 valence electrons. The third-order valence-corrected chi connectivity index (χ3v) is 5.06. The molecule has 2 aliphatic heterocycles. The Morgan fingerprint density at radius 2 is 2.23 bits per heavy atom. The van der Waals surface area contributed by atoms with Crippen LogP contribution in [0.3, 0.4) is 0 Å². The Morgan fingerprint density at radius 1 is 1.36 bits per heavy atom. The van der Waals surface area contributed by atoms with Crippen molar-refractivity contribution < 1.29 is 19.1 Å². The van der Waals surface area contributed by atoms with Gasteiger partial charge in [-0.2, -0.15) is 0 Å². The molecule has 2 heterocycles. The van der Waals surface area contributed by atoms with Crippen LogP contribution in [0.4, 0.5) is 4.79 Å². The van der Waals surface area contributed by atoms with Gasteiger partial charge in [-0.05, 0) is 17.7 Å². The van der Waals surface area contributed by atoms with E-state index < -0.39 is 0 Å². The number of amides is 2. The molecule has 2 saturated heterocycles. The molecule has 1 atom stereocenters. The van der Waals surface area contributed by atoms with Gasteiger partial charge in [-0.1, -0.05) is 12.1 Å². The number of cyclic esters (lactones) is 1. The van der Waals surface area contributed by atoms with E-state index >= 15 is 0 Å². The van der Waals surface area contributed by atoms with Crippen LogP contribution in [0.2, 0.25) is 0 Å². The maximum Gasteiger partial charge on any atom is 0.409 e. The van der Waals surface area contributed by atoms with Crippen LogP contribution < -0.4 is 4.74 Å². The summed E-state index contributed by atoms with van der Waals surface area (Å²) in [7, 11) is 1.63. The molecule has 0 radical (unpaired) electrons. The number of ether oxygens (including phenoxy) is 2. The summed E-state index contributed by atoms with van der Waals surface area (Å²) in [6, 6.07) is 7.76.